The zero-order chi connectivity index (χ0) is 22.3. The monoisotopic (exact) mass is 436 g/mol. The molecule has 8 nitrogen and oxygen atoms in total. The number of alkyl halides is 3. The van der Waals surface area contributed by atoms with Crippen LogP contribution in [-0.2, 0) is 18.3 Å². The van der Waals surface area contributed by atoms with E-state index in [4.69, 9.17) is 4.74 Å². The fourth-order valence-corrected chi connectivity index (χ4v) is 3.68. The molecule has 1 aliphatic heterocycles. The van der Waals surface area contributed by atoms with Gasteiger partial charge in [-0.15, -0.1) is 0 Å². The van der Waals surface area contributed by atoms with Crippen molar-refractivity contribution in [1.82, 2.24) is 24.3 Å². The quantitative estimate of drug-likeness (QED) is 0.626. The number of fused-ring (bicyclic) bond motifs is 1. The molecular formula is C20H23F3N6O2. The van der Waals surface area contributed by atoms with Gasteiger partial charge in [-0.25, -0.2) is 9.97 Å². The second-order valence-electron chi connectivity index (χ2n) is 7.71. The molecule has 1 fully saturated rings. The van der Waals surface area contributed by atoms with Gasteiger partial charge in [0.1, 0.15) is 17.3 Å². The number of aromatic nitrogens is 5. The van der Waals surface area contributed by atoms with Crippen LogP contribution in [0, 0.1) is 13.8 Å². The first-order chi connectivity index (χ1) is 14.6. The lowest BCUT2D eigenvalue weighted by atomic mass is 10.1. The number of halogens is 3. The van der Waals surface area contributed by atoms with E-state index in [-0.39, 0.29) is 11.8 Å². The zero-order valence-corrected chi connectivity index (χ0v) is 17.5. The maximum absolute atomic E-state index is 13.3. The Bertz CT molecular complexity index is 1170. The van der Waals surface area contributed by atoms with E-state index >= 15 is 0 Å². The number of morpholine rings is 1. The SMILES string of the molecule is Cc1nc2cc(N3CCOC(c4cnn(C)c4)C3)c(=O)n(CCC(F)(F)F)c2nc1C. The first-order valence-corrected chi connectivity index (χ1v) is 9.93. The van der Waals surface area contributed by atoms with Crippen LogP contribution < -0.4 is 10.5 Å². The van der Waals surface area contributed by atoms with Gasteiger partial charge in [-0.3, -0.25) is 14.0 Å². The van der Waals surface area contributed by atoms with Crippen molar-refractivity contribution in [3.63, 3.8) is 0 Å². The summed E-state index contributed by atoms with van der Waals surface area (Å²) in [6.45, 7) is 4.17. The fraction of sp³-hybridized carbons (Fsp3) is 0.500. The molecule has 1 unspecified atom stereocenters. The van der Waals surface area contributed by atoms with Crippen LogP contribution in [0.3, 0.4) is 0 Å². The predicted octanol–water partition coefficient (Wildman–Crippen LogP) is 2.67. The molecule has 31 heavy (non-hydrogen) atoms. The maximum atomic E-state index is 13.3. The highest BCUT2D eigenvalue weighted by atomic mass is 19.4. The first kappa shape index (κ1) is 21.3. The Kier molecular flexibility index (Phi) is 5.46. The zero-order valence-electron chi connectivity index (χ0n) is 17.5. The molecule has 0 spiro atoms. The van der Waals surface area contributed by atoms with E-state index in [1.807, 2.05) is 11.1 Å². The Morgan fingerprint density at radius 2 is 1.97 bits per heavy atom. The Labute approximate surface area is 176 Å². The summed E-state index contributed by atoms with van der Waals surface area (Å²) in [6, 6.07) is 1.62. The highest BCUT2D eigenvalue weighted by Gasteiger charge is 2.29. The van der Waals surface area contributed by atoms with Crippen LogP contribution in [0.5, 0.6) is 0 Å². The summed E-state index contributed by atoms with van der Waals surface area (Å²) in [7, 11) is 1.80. The van der Waals surface area contributed by atoms with E-state index in [1.54, 1.807) is 37.8 Å². The average molecular weight is 436 g/mol. The van der Waals surface area contributed by atoms with Crippen molar-refractivity contribution >= 4 is 16.9 Å². The largest absolute Gasteiger partial charge is 0.390 e. The van der Waals surface area contributed by atoms with Crippen molar-refractivity contribution in [3.05, 3.63) is 45.8 Å². The van der Waals surface area contributed by atoms with Gasteiger partial charge in [-0.05, 0) is 19.9 Å². The highest BCUT2D eigenvalue weighted by molar-refractivity contribution is 5.75. The number of hydrogen-bond donors (Lipinski definition) is 0. The molecule has 4 rings (SSSR count). The van der Waals surface area contributed by atoms with Crippen molar-refractivity contribution in [3.8, 4) is 0 Å². The van der Waals surface area contributed by atoms with Gasteiger partial charge in [0.2, 0.25) is 0 Å². The average Bonchev–Trinajstić information content (AvgIpc) is 3.14. The summed E-state index contributed by atoms with van der Waals surface area (Å²) in [6.07, 6.45) is -2.27. The van der Waals surface area contributed by atoms with Crippen molar-refractivity contribution in [2.24, 2.45) is 7.05 Å². The molecule has 1 saturated heterocycles. The van der Waals surface area contributed by atoms with Crippen LogP contribution in [0.15, 0.2) is 23.3 Å². The second kappa shape index (κ2) is 7.95. The molecule has 0 N–H and O–H groups in total. The lowest BCUT2D eigenvalue weighted by Crippen LogP contribution is -2.42. The summed E-state index contributed by atoms with van der Waals surface area (Å²) in [5.41, 5.74) is 2.45. The number of anilines is 1. The van der Waals surface area contributed by atoms with Gasteiger partial charge in [0.15, 0.2) is 5.65 Å². The molecular weight excluding hydrogens is 413 g/mol. The summed E-state index contributed by atoms with van der Waals surface area (Å²) in [4.78, 5) is 24.0. The van der Waals surface area contributed by atoms with Crippen LogP contribution in [0.2, 0.25) is 0 Å². The van der Waals surface area contributed by atoms with Crippen molar-refractivity contribution < 1.29 is 17.9 Å². The van der Waals surface area contributed by atoms with Gasteiger partial charge in [-0.2, -0.15) is 18.3 Å². The minimum atomic E-state index is -4.39. The summed E-state index contributed by atoms with van der Waals surface area (Å²) >= 11 is 0. The Morgan fingerprint density at radius 1 is 1.23 bits per heavy atom. The third-order valence-corrected chi connectivity index (χ3v) is 5.43. The second-order valence-corrected chi connectivity index (χ2v) is 7.71. The Balaban J connectivity index is 1.77. The number of pyridine rings is 1. The van der Waals surface area contributed by atoms with Crippen molar-refractivity contribution in [2.75, 3.05) is 24.6 Å². The lowest BCUT2D eigenvalue weighted by Gasteiger charge is -2.34. The van der Waals surface area contributed by atoms with E-state index in [0.29, 0.717) is 42.3 Å². The third kappa shape index (κ3) is 4.41. The summed E-state index contributed by atoms with van der Waals surface area (Å²) in [5, 5.41) is 4.15. The standard InChI is InChI=1S/C20H23F3N6O2/c1-12-13(2)26-18-15(25-12)8-16(19(30)29(18)5-4-20(21,22)23)28-6-7-31-17(11-28)14-9-24-27(3)10-14/h8-10,17H,4-7,11H2,1-3H3. The number of hydrogen-bond acceptors (Lipinski definition) is 6. The van der Waals surface area contributed by atoms with Crippen LogP contribution >= 0.6 is 0 Å². The van der Waals surface area contributed by atoms with Gasteiger partial charge in [0.05, 0.1) is 30.6 Å². The molecule has 166 valence electrons. The summed E-state index contributed by atoms with van der Waals surface area (Å²) < 4.78 is 47.4. The van der Waals surface area contributed by atoms with E-state index < -0.39 is 24.7 Å². The molecule has 3 aromatic heterocycles. The number of ether oxygens (including phenoxy) is 1. The predicted molar refractivity (Wildman–Crippen MR) is 108 cm³/mol. The van der Waals surface area contributed by atoms with Crippen molar-refractivity contribution in [1.29, 1.82) is 0 Å². The van der Waals surface area contributed by atoms with E-state index in [0.717, 1.165) is 10.1 Å². The summed E-state index contributed by atoms with van der Waals surface area (Å²) in [5.74, 6) is 0. The fourth-order valence-electron chi connectivity index (χ4n) is 3.68. The van der Waals surface area contributed by atoms with E-state index in [2.05, 4.69) is 15.1 Å². The molecule has 11 heteroatoms. The van der Waals surface area contributed by atoms with Gasteiger partial charge in [0.25, 0.3) is 5.56 Å². The molecule has 4 heterocycles. The van der Waals surface area contributed by atoms with Gasteiger partial charge < -0.3 is 9.64 Å². The van der Waals surface area contributed by atoms with E-state index in [1.165, 1.54) is 0 Å². The molecule has 0 amide bonds. The van der Waals surface area contributed by atoms with Gasteiger partial charge in [0, 0.05) is 38.4 Å². The van der Waals surface area contributed by atoms with Crippen LogP contribution in [0.4, 0.5) is 18.9 Å². The van der Waals surface area contributed by atoms with Gasteiger partial charge in [-0.1, -0.05) is 0 Å². The first-order valence-electron chi connectivity index (χ1n) is 9.93. The maximum Gasteiger partial charge on any atom is 0.390 e. The topological polar surface area (TPSA) is 78.1 Å². The smallest absolute Gasteiger partial charge is 0.370 e. The van der Waals surface area contributed by atoms with Crippen LogP contribution in [0.25, 0.3) is 11.2 Å². The molecule has 0 bridgehead atoms. The minimum Gasteiger partial charge on any atom is -0.370 e. The molecule has 3 aromatic rings. The number of rotatable bonds is 4. The molecule has 0 saturated carbocycles. The minimum absolute atomic E-state index is 0.165. The number of nitrogens with zero attached hydrogens (tertiary/aromatic N) is 6. The van der Waals surface area contributed by atoms with Crippen molar-refractivity contribution in [2.45, 2.75) is 39.1 Å². The molecule has 0 aromatic carbocycles. The Hall–Kier alpha value is -2.95. The number of aryl methyl sites for hydroxylation is 4. The molecule has 1 atom stereocenters. The van der Waals surface area contributed by atoms with Crippen LogP contribution in [-0.4, -0.2) is 50.2 Å². The lowest BCUT2D eigenvalue weighted by molar-refractivity contribution is -0.136. The van der Waals surface area contributed by atoms with Crippen LogP contribution in [0.1, 0.15) is 29.5 Å². The molecule has 0 radical (unpaired) electrons. The van der Waals surface area contributed by atoms with E-state index in [9.17, 15) is 18.0 Å². The molecule has 0 aliphatic carbocycles. The molecule has 1 aliphatic rings. The van der Waals surface area contributed by atoms with Gasteiger partial charge >= 0.3 is 6.18 Å². The normalized spacial score (nSPS) is 17.5. The Morgan fingerprint density at radius 3 is 2.65 bits per heavy atom. The highest BCUT2D eigenvalue weighted by Crippen LogP contribution is 2.27. The third-order valence-electron chi connectivity index (χ3n) is 5.43.